The Kier molecular flexibility index (Phi) is 1.60. The molecule has 1 aromatic rings. The van der Waals surface area contributed by atoms with E-state index in [9.17, 15) is 0 Å². The van der Waals surface area contributed by atoms with Crippen molar-refractivity contribution in [2.45, 2.75) is 13.7 Å². The number of nitrogens with zero attached hydrogens (tertiary/aromatic N) is 3. The Labute approximate surface area is 93.1 Å². The summed E-state index contributed by atoms with van der Waals surface area (Å²) in [5, 5.41) is 0. The second kappa shape index (κ2) is 4.65. The highest BCUT2D eigenvalue weighted by Crippen LogP contribution is 2.02. The molecule has 0 amide bonds. The van der Waals surface area contributed by atoms with Crippen LogP contribution in [0.4, 0.5) is 0 Å². The Morgan fingerprint density at radius 2 is 1.64 bits per heavy atom. The van der Waals surface area contributed by atoms with Crippen molar-refractivity contribution >= 4 is 11.4 Å². The van der Waals surface area contributed by atoms with E-state index < -0.39 is 13.7 Å². The van der Waals surface area contributed by atoms with Crippen LogP contribution in [-0.2, 0) is 0 Å². The summed E-state index contributed by atoms with van der Waals surface area (Å²) in [6.45, 7) is -4.83. The van der Waals surface area contributed by atoms with Crippen LogP contribution in [0.1, 0.15) is 33.3 Å². The summed E-state index contributed by atoms with van der Waals surface area (Å²) in [7, 11) is 2.71. The highest BCUT2D eigenvalue weighted by Gasteiger charge is 2.01. The molecular formula is C11H15N3. The van der Waals surface area contributed by atoms with Crippen LogP contribution in [0.5, 0.6) is 0 Å². The number of pyridine rings is 1. The van der Waals surface area contributed by atoms with E-state index >= 15 is 0 Å². The van der Waals surface area contributed by atoms with Gasteiger partial charge < -0.3 is 0 Å². The lowest BCUT2D eigenvalue weighted by Gasteiger charge is -2.02. The number of hydrogen-bond donors (Lipinski definition) is 0. The van der Waals surface area contributed by atoms with Crippen molar-refractivity contribution < 1.29 is 8.22 Å². The van der Waals surface area contributed by atoms with Gasteiger partial charge in [0.1, 0.15) is 0 Å². The maximum Gasteiger partial charge on any atom is 0.0844 e. The standard InChI is InChI=1S/C11H15N3/c1-8(12-3)10-6-5-7-11(14-10)9(2)13-4/h5-7H,1-4H3/i1D3,2D3. The van der Waals surface area contributed by atoms with Crippen LogP contribution in [0.25, 0.3) is 0 Å². The molecule has 0 bridgehead atoms. The highest BCUT2D eigenvalue weighted by atomic mass is 14.8. The van der Waals surface area contributed by atoms with Gasteiger partial charge in [-0.25, -0.2) is 4.98 Å². The smallest absolute Gasteiger partial charge is 0.0844 e. The number of aromatic nitrogens is 1. The Bertz CT molecular complexity index is 497. The largest absolute Gasteiger partial charge is 0.291 e. The second-order valence-corrected chi connectivity index (χ2v) is 2.55. The van der Waals surface area contributed by atoms with Crippen molar-refractivity contribution in [3.05, 3.63) is 29.6 Å². The number of aliphatic imine (C=N–C) groups is 2. The Morgan fingerprint density at radius 1 is 1.14 bits per heavy atom. The topological polar surface area (TPSA) is 37.6 Å². The minimum absolute atomic E-state index is 0.121. The quantitative estimate of drug-likeness (QED) is 0.665. The van der Waals surface area contributed by atoms with Crippen LogP contribution < -0.4 is 0 Å². The first kappa shape index (κ1) is 4.82. The maximum atomic E-state index is 7.39. The highest BCUT2D eigenvalue weighted by molar-refractivity contribution is 6.00. The van der Waals surface area contributed by atoms with Gasteiger partial charge in [-0.15, -0.1) is 0 Å². The van der Waals surface area contributed by atoms with E-state index in [4.69, 9.17) is 8.22 Å². The fourth-order valence-electron chi connectivity index (χ4n) is 0.928. The van der Waals surface area contributed by atoms with Crippen LogP contribution in [-0.4, -0.2) is 30.5 Å². The fourth-order valence-corrected chi connectivity index (χ4v) is 0.928. The first-order valence-electron chi connectivity index (χ1n) is 7.03. The lowest BCUT2D eigenvalue weighted by Crippen LogP contribution is -2.04. The van der Waals surface area contributed by atoms with Crippen LogP contribution in [0, 0.1) is 0 Å². The van der Waals surface area contributed by atoms with Crippen LogP contribution in [0.15, 0.2) is 28.2 Å². The molecule has 0 aromatic carbocycles. The maximum absolute atomic E-state index is 7.39. The normalized spacial score (nSPS) is 21.3. The molecule has 0 atom stereocenters. The zero-order valence-corrected chi connectivity index (χ0v) is 8.07. The molecule has 0 radical (unpaired) electrons. The van der Waals surface area contributed by atoms with Gasteiger partial charge in [0.2, 0.25) is 0 Å². The molecule has 14 heavy (non-hydrogen) atoms. The first-order valence-corrected chi connectivity index (χ1v) is 4.03. The summed E-state index contributed by atoms with van der Waals surface area (Å²) in [4.78, 5) is 11.5. The van der Waals surface area contributed by atoms with Gasteiger partial charge in [0.15, 0.2) is 0 Å². The van der Waals surface area contributed by atoms with Crippen molar-refractivity contribution in [2.75, 3.05) is 14.1 Å². The fraction of sp³-hybridized carbons (Fsp3) is 0.364. The molecule has 0 aliphatic heterocycles. The average Bonchev–Trinajstić information content (AvgIpc) is 2.27. The Morgan fingerprint density at radius 3 is 2.00 bits per heavy atom. The van der Waals surface area contributed by atoms with Gasteiger partial charge in [-0.2, -0.15) is 0 Å². The molecule has 1 aromatic heterocycles. The van der Waals surface area contributed by atoms with Crippen LogP contribution >= 0.6 is 0 Å². The molecule has 0 unspecified atom stereocenters. The summed E-state index contributed by atoms with van der Waals surface area (Å²) < 4.78 is 44.4. The summed E-state index contributed by atoms with van der Waals surface area (Å²) in [5.74, 6) is 0. The lowest BCUT2D eigenvalue weighted by molar-refractivity contribution is 1.22. The monoisotopic (exact) mass is 195 g/mol. The van der Waals surface area contributed by atoms with Crippen molar-refractivity contribution in [3.8, 4) is 0 Å². The third kappa shape index (κ3) is 2.25. The minimum Gasteiger partial charge on any atom is -0.291 e. The molecule has 0 aliphatic carbocycles. The van der Waals surface area contributed by atoms with E-state index in [1.54, 1.807) is 0 Å². The molecule has 0 spiro atoms. The van der Waals surface area contributed by atoms with Gasteiger partial charge in [0.25, 0.3) is 0 Å². The van der Waals surface area contributed by atoms with E-state index in [-0.39, 0.29) is 22.8 Å². The zero-order chi connectivity index (χ0) is 15.6. The molecule has 0 saturated heterocycles. The third-order valence-corrected chi connectivity index (χ3v) is 1.68. The second-order valence-electron chi connectivity index (χ2n) is 2.55. The van der Waals surface area contributed by atoms with Crippen LogP contribution in [0.3, 0.4) is 0 Å². The van der Waals surface area contributed by atoms with Gasteiger partial charge in [-0.1, -0.05) is 6.07 Å². The molecule has 3 heteroatoms. The van der Waals surface area contributed by atoms with Crippen molar-refractivity contribution in [3.63, 3.8) is 0 Å². The predicted molar refractivity (Wildman–Crippen MR) is 60.5 cm³/mol. The van der Waals surface area contributed by atoms with Gasteiger partial charge in [-0.05, 0) is 25.8 Å². The van der Waals surface area contributed by atoms with Gasteiger partial charge in [0, 0.05) is 22.3 Å². The lowest BCUT2D eigenvalue weighted by atomic mass is 10.2. The summed E-state index contributed by atoms with van der Waals surface area (Å²) >= 11 is 0. The SMILES string of the molecule is [2H]C([2H])([2H])C(=NC)c1cccc(C(=NC)C([2H])([2H])[2H])n1. The van der Waals surface area contributed by atoms with Gasteiger partial charge >= 0.3 is 0 Å². The predicted octanol–water partition coefficient (Wildman–Crippen LogP) is 1.96. The third-order valence-electron chi connectivity index (χ3n) is 1.68. The summed E-state index contributed by atoms with van der Waals surface area (Å²) in [5.41, 5.74) is -0.0912. The van der Waals surface area contributed by atoms with Crippen LogP contribution in [0.2, 0.25) is 0 Å². The van der Waals surface area contributed by atoms with Crippen molar-refractivity contribution in [2.24, 2.45) is 9.98 Å². The number of rotatable bonds is 2. The molecule has 1 rings (SSSR count). The Balaban J connectivity index is 3.35. The van der Waals surface area contributed by atoms with Gasteiger partial charge in [-0.3, -0.25) is 9.98 Å². The summed E-state index contributed by atoms with van der Waals surface area (Å²) in [6.07, 6.45) is 0. The molecular weight excluding hydrogens is 174 g/mol. The molecule has 74 valence electrons. The van der Waals surface area contributed by atoms with Crippen molar-refractivity contribution in [1.29, 1.82) is 0 Å². The Hall–Kier alpha value is -1.51. The molecule has 0 aliphatic rings. The molecule has 0 fully saturated rings. The van der Waals surface area contributed by atoms with E-state index in [2.05, 4.69) is 15.0 Å². The first-order chi connectivity index (χ1) is 9.11. The zero-order valence-electron chi connectivity index (χ0n) is 14.1. The average molecular weight is 195 g/mol. The molecule has 3 nitrogen and oxygen atoms in total. The summed E-state index contributed by atoms with van der Waals surface area (Å²) in [6, 6.07) is 4.49. The van der Waals surface area contributed by atoms with E-state index in [0.717, 1.165) is 0 Å². The van der Waals surface area contributed by atoms with E-state index in [0.29, 0.717) is 0 Å². The number of hydrogen-bond acceptors (Lipinski definition) is 3. The van der Waals surface area contributed by atoms with Gasteiger partial charge in [0.05, 0.1) is 22.8 Å². The van der Waals surface area contributed by atoms with E-state index in [1.165, 1.54) is 32.3 Å². The van der Waals surface area contributed by atoms with Crippen molar-refractivity contribution in [1.82, 2.24) is 4.98 Å². The molecule has 0 saturated carbocycles. The molecule has 0 N–H and O–H groups in total. The molecule has 1 heterocycles. The minimum atomic E-state index is -2.41. The van der Waals surface area contributed by atoms with E-state index in [1.807, 2.05) is 0 Å².